The van der Waals surface area contributed by atoms with Gasteiger partial charge in [-0.05, 0) is 25.3 Å². The summed E-state index contributed by atoms with van der Waals surface area (Å²) in [7, 11) is -1.48. The molecule has 0 saturated heterocycles. The van der Waals surface area contributed by atoms with Crippen LogP contribution in [0.3, 0.4) is 0 Å². The highest BCUT2D eigenvalue weighted by Gasteiger charge is 2.18. The Hall–Kier alpha value is -2.84. The van der Waals surface area contributed by atoms with E-state index in [4.69, 9.17) is 5.84 Å². The largest absolute Gasteiger partial charge is 0.294 e. The summed E-state index contributed by atoms with van der Waals surface area (Å²) in [5, 5.41) is 0. The minimum Gasteiger partial charge on any atom is -0.294 e. The third kappa shape index (κ3) is 7.20. The predicted molar refractivity (Wildman–Crippen MR) is 117 cm³/mol. The number of nitrogens with one attached hydrogen (secondary N) is 2. The molecule has 0 aliphatic heterocycles. The summed E-state index contributed by atoms with van der Waals surface area (Å²) in [5.41, 5.74) is 3.95. The van der Waals surface area contributed by atoms with Crippen LogP contribution in [0.5, 0.6) is 0 Å². The fourth-order valence-electron chi connectivity index (χ4n) is 2.85. The molecule has 0 aromatic heterocycles. The predicted octanol–water partition coefficient (Wildman–Crippen LogP) is 2.35. The summed E-state index contributed by atoms with van der Waals surface area (Å²) in [6.07, 6.45) is 2.34. The summed E-state index contributed by atoms with van der Waals surface area (Å²) in [6.45, 7) is 1.73. The number of unbranched alkanes of at least 4 members (excludes halogenated alkanes) is 2. The molecule has 0 aliphatic rings. The Kier molecular flexibility index (Phi) is 9.37. The minimum atomic E-state index is -1.48. The first kappa shape index (κ1) is 23.4. The number of rotatable bonds is 11. The van der Waals surface area contributed by atoms with E-state index in [2.05, 4.69) is 10.1 Å². The van der Waals surface area contributed by atoms with E-state index in [1.165, 1.54) is 0 Å². The van der Waals surface area contributed by atoms with E-state index in [-0.39, 0.29) is 17.6 Å². The van der Waals surface area contributed by atoms with Crippen LogP contribution in [0.4, 0.5) is 0 Å². The van der Waals surface area contributed by atoms with Crippen LogP contribution in [0.15, 0.2) is 54.6 Å². The van der Waals surface area contributed by atoms with Crippen molar-refractivity contribution in [3.8, 4) is 0 Å². The number of ketones is 1. The molecule has 0 heterocycles. The van der Waals surface area contributed by atoms with Crippen LogP contribution >= 0.6 is 0 Å². The first-order valence-corrected chi connectivity index (χ1v) is 11.1. The van der Waals surface area contributed by atoms with E-state index in [0.29, 0.717) is 36.1 Å². The van der Waals surface area contributed by atoms with Crippen LogP contribution in [0.1, 0.15) is 60.0 Å². The molecule has 0 fully saturated rings. The lowest BCUT2D eigenvalue weighted by Crippen LogP contribution is -2.31. The van der Waals surface area contributed by atoms with Gasteiger partial charge in [0.15, 0.2) is 5.78 Å². The van der Waals surface area contributed by atoms with Crippen molar-refractivity contribution in [1.82, 2.24) is 10.1 Å². The van der Waals surface area contributed by atoms with Crippen molar-refractivity contribution in [3.63, 3.8) is 0 Å². The lowest BCUT2D eigenvalue weighted by atomic mass is 9.97. The molecule has 2 aromatic carbocycles. The molecule has 0 spiro atoms. The second-order valence-corrected chi connectivity index (χ2v) is 8.24. The molecule has 2 atom stereocenters. The number of nitrogens with two attached hydrogens (primary N) is 1. The van der Waals surface area contributed by atoms with Crippen LogP contribution in [0.25, 0.3) is 0 Å². The molecule has 0 bridgehead atoms. The molecule has 2 amide bonds. The van der Waals surface area contributed by atoms with E-state index >= 15 is 0 Å². The zero-order valence-corrected chi connectivity index (χ0v) is 17.7. The van der Waals surface area contributed by atoms with E-state index < -0.39 is 16.9 Å². The second kappa shape index (κ2) is 12.0. The third-order valence-electron chi connectivity index (χ3n) is 4.71. The fourth-order valence-corrected chi connectivity index (χ4v) is 3.82. The van der Waals surface area contributed by atoms with Crippen molar-refractivity contribution in [1.29, 1.82) is 0 Å². The molecule has 2 rings (SSSR count). The SMILES string of the molecule is CC(C(=O)NS(=O)CCCCCC(=O)NN)c1ccc(C(=O)c2ccccc2)cc1. The van der Waals surface area contributed by atoms with Gasteiger partial charge >= 0.3 is 0 Å². The Morgan fingerprint density at radius 3 is 2.20 bits per heavy atom. The topological polar surface area (TPSA) is 118 Å². The van der Waals surface area contributed by atoms with Gasteiger partial charge < -0.3 is 0 Å². The average Bonchev–Trinajstić information content (AvgIpc) is 2.78. The van der Waals surface area contributed by atoms with Gasteiger partial charge in [0.1, 0.15) is 11.0 Å². The zero-order chi connectivity index (χ0) is 21.9. The number of benzene rings is 2. The molecule has 0 radical (unpaired) electrons. The molecule has 7 nitrogen and oxygen atoms in total. The van der Waals surface area contributed by atoms with Gasteiger partial charge in [0.2, 0.25) is 11.8 Å². The van der Waals surface area contributed by atoms with Crippen molar-refractivity contribution in [2.45, 2.75) is 38.5 Å². The number of hydrazine groups is 1. The smallest absolute Gasteiger partial charge is 0.238 e. The van der Waals surface area contributed by atoms with Crippen molar-refractivity contribution >= 4 is 28.6 Å². The van der Waals surface area contributed by atoms with Crippen LogP contribution in [0, 0.1) is 0 Å². The van der Waals surface area contributed by atoms with Gasteiger partial charge in [-0.15, -0.1) is 0 Å². The maximum absolute atomic E-state index is 12.5. The standard InChI is InChI=1S/C22H27N3O4S/c1-16(22(28)25-30(29)15-7-3-6-10-20(26)24-23)17-11-13-19(14-12-17)21(27)18-8-4-2-5-9-18/h2,4-5,8-9,11-14,16H,3,6-7,10,15,23H2,1H3,(H,24,26)(H,25,28). The maximum atomic E-state index is 12.5. The van der Waals surface area contributed by atoms with E-state index in [9.17, 15) is 18.6 Å². The Balaban J connectivity index is 1.82. The van der Waals surface area contributed by atoms with Gasteiger partial charge in [0, 0.05) is 23.3 Å². The van der Waals surface area contributed by atoms with Gasteiger partial charge in [-0.25, -0.2) is 10.1 Å². The van der Waals surface area contributed by atoms with Crippen molar-refractivity contribution in [2.75, 3.05) is 5.75 Å². The Bertz CT molecular complexity index is 885. The first-order valence-electron chi connectivity index (χ1n) is 9.80. The highest BCUT2D eigenvalue weighted by Crippen LogP contribution is 2.18. The number of hydrogen-bond donors (Lipinski definition) is 3. The molecular weight excluding hydrogens is 402 g/mol. The van der Waals surface area contributed by atoms with Gasteiger partial charge in [-0.2, -0.15) is 0 Å². The highest BCUT2D eigenvalue weighted by atomic mass is 32.2. The first-order chi connectivity index (χ1) is 14.4. The van der Waals surface area contributed by atoms with Crippen molar-refractivity contribution < 1.29 is 18.6 Å². The Labute approximate surface area is 179 Å². The fraction of sp³-hybridized carbons (Fsp3) is 0.318. The van der Waals surface area contributed by atoms with Gasteiger partial charge in [0.25, 0.3) is 0 Å². The van der Waals surface area contributed by atoms with Crippen LogP contribution in [0.2, 0.25) is 0 Å². The molecule has 2 unspecified atom stereocenters. The highest BCUT2D eigenvalue weighted by molar-refractivity contribution is 7.83. The normalized spacial score (nSPS) is 12.6. The summed E-state index contributed by atoms with van der Waals surface area (Å²) in [6, 6.07) is 15.9. The van der Waals surface area contributed by atoms with Crippen molar-refractivity contribution in [3.05, 3.63) is 71.3 Å². The van der Waals surface area contributed by atoms with E-state index in [1.807, 2.05) is 18.2 Å². The van der Waals surface area contributed by atoms with Crippen molar-refractivity contribution in [2.24, 2.45) is 5.84 Å². The lowest BCUT2D eigenvalue weighted by Gasteiger charge is -2.13. The molecular formula is C22H27N3O4S. The average molecular weight is 430 g/mol. The zero-order valence-electron chi connectivity index (χ0n) is 16.9. The second-order valence-electron chi connectivity index (χ2n) is 6.93. The van der Waals surface area contributed by atoms with Crippen LogP contribution in [-0.2, 0) is 20.6 Å². The monoisotopic (exact) mass is 429 g/mol. The quantitative estimate of drug-likeness (QED) is 0.167. The molecule has 160 valence electrons. The number of amides is 2. The number of carbonyl (C=O) groups excluding carboxylic acids is 3. The summed E-state index contributed by atoms with van der Waals surface area (Å²) >= 11 is 0. The summed E-state index contributed by atoms with van der Waals surface area (Å²) < 4.78 is 14.6. The summed E-state index contributed by atoms with van der Waals surface area (Å²) in [4.78, 5) is 35.9. The lowest BCUT2D eigenvalue weighted by molar-refractivity contribution is -0.121. The van der Waals surface area contributed by atoms with Gasteiger partial charge in [-0.1, -0.05) is 61.0 Å². The van der Waals surface area contributed by atoms with Crippen LogP contribution in [-0.4, -0.2) is 27.6 Å². The molecule has 4 N–H and O–H groups in total. The van der Waals surface area contributed by atoms with E-state index in [1.54, 1.807) is 43.3 Å². The molecule has 0 saturated carbocycles. The Morgan fingerprint density at radius 2 is 1.57 bits per heavy atom. The third-order valence-corrected chi connectivity index (χ3v) is 5.80. The van der Waals surface area contributed by atoms with Gasteiger partial charge in [-0.3, -0.25) is 24.5 Å². The van der Waals surface area contributed by atoms with E-state index in [0.717, 1.165) is 12.0 Å². The molecule has 30 heavy (non-hydrogen) atoms. The van der Waals surface area contributed by atoms with Gasteiger partial charge in [0.05, 0.1) is 5.92 Å². The summed E-state index contributed by atoms with van der Waals surface area (Å²) in [5.74, 6) is 4.19. The van der Waals surface area contributed by atoms with Crippen LogP contribution < -0.4 is 16.0 Å². The Morgan fingerprint density at radius 1 is 0.933 bits per heavy atom. The minimum absolute atomic E-state index is 0.0793. The number of hydrogen-bond acceptors (Lipinski definition) is 5. The molecule has 0 aliphatic carbocycles. The maximum Gasteiger partial charge on any atom is 0.238 e. The molecule has 2 aromatic rings. The molecule has 8 heteroatoms. The number of carbonyl (C=O) groups is 3.